The number of halogens is 1. The lowest BCUT2D eigenvalue weighted by atomic mass is 9.86. The molecular weight excluding hydrogens is 513 g/mol. The van der Waals surface area contributed by atoms with E-state index in [1.807, 2.05) is 6.92 Å². The number of alkyl halides is 1. The van der Waals surface area contributed by atoms with Gasteiger partial charge in [0, 0.05) is 48.5 Å². The fourth-order valence-corrected chi connectivity index (χ4v) is 8.16. The largest absolute Gasteiger partial charge is 0.381 e. The average Bonchev–Trinajstić information content (AvgIpc) is 3.26. The summed E-state index contributed by atoms with van der Waals surface area (Å²) in [6, 6.07) is 0.806. The number of nitrogens with one attached hydrogen (secondary N) is 2. The third-order valence-corrected chi connectivity index (χ3v) is 10.5. The highest BCUT2D eigenvalue weighted by atomic mass is 32.2. The van der Waals surface area contributed by atoms with Crippen LogP contribution in [-0.2, 0) is 10.0 Å². The first kappa shape index (κ1) is 28.5. The van der Waals surface area contributed by atoms with Crippen molar-refractivity contribution in [3.8, 4) is 0 Å². The molecule has 4 rings (SSSR count). The SMILES string of the molecule is CC1=CC(S(=O)(=O)Nc2nccs2)C(C)(F)C=C1NC1CCCC[C@@H]1N(C)C1CN(C(O)CC(C)C)C1. The maximum Gasteiger partial charge on any atom is 0.244 e. The second-order valence-corrected chi connectivity index (χ2v) is 14.1. The van der Waals surface area contributed by atoms with Gasteiger partial charge in [-0.3, -0.25) is 14.5 Å². The number of hydrogen-bond donors (Lipinski definition) is 3. The molecule has 208 valence electrons. The van der Waals surface area contributed by atoms with Crippen LogP contribution in [0.2, 0.25) is 0 Å². The summed E-state index contributed by atoms with van der Waals surface area (Å²) in [4.78, 5) is 8.53. The van der Waals surface area contributed by atoms with Gasteiger partial charge in [0.25, 0.3) is 0 Å². The van der Waals surface area contributed by atoms with Gasteiger partial charge in [0.1, 0.15) is 11.5 Å². The van der Waals surface area contributed by atoms with Gasteiger partial charge in [-0.2, -0.15) is 0 Å². The summed E-state index contributed by atoms with van der Waals surface area (Å²) in [6.07, 6.45) is 9.13. The van der Waals surface area contributed by atoms with Gasteiger partial charge in [-0.15, -0.1) is 11.3 Å². The Morgan fingerprint density at radius 3 is 2.68 bits per heavy atom. The molecule has 37 heavy (non-hydrogen) atoms. The number of nitrogens with zero attached hydrogens (tertiary/aromatic N) is 3. The van der Waals surface area contributed by atoms with Crippen LogP contribution in [0.3, 0.4) is 0 Å². The number of anilines is 1. The summed E-state index contributed by atoms with van der Waals surface area (Å²) >= 11 is 1.16. The first-order valence-corrected chi connectivity index (χ1v) is 15.7. The zero-order chi connectivity index (χ0) is 27.0. The molecule has 3 aliphatic rings. The molecule has 1 aliphatic heterocycles. The number of allylic oxidation sites excluding steroid dienone is 2. The Hall–Kier alpha value is -1.53. The van der Waals surface area contributed by atoms with Crippen LogP contribution in [0.5, 0.6) is 0 Å². The smallest absolute Gasteiger partial charge is 0.244 e. The number of rotatable bonds is 10. The normalized spacial score (nSPS) is 30.6. The number of aliphatic hydroxyl groups excluding tert-OH is 1. The van der Waals surface area contributed by atoms with Gasteiger partial charge in [-0.25, -0.2) is 17.8 Å². The molecule has 2 fully saturated rings. The van der Waals surface area contributed by atoms with Gasteiger partial charge in [-0.1, -0.05) is 32.8 Å². The molecule has 0 bridgehead atoms. The minimum atomic E-state index is -4.01. The topological polar surface area (TPSA) is 97.8 Å². The molecule has 5 atom stereocenters. The molecular formula is C26H42FN5O3S2. The Bertz CT molecular complexity index is 1080. The van der Waals surface area contributed by atoms with E-state index in [0.717, 1.165) is 62.1 Å². The van der Waals surface area contributed by atoms with Gasteiger partial charge in [0.2, 0.25) is 10.0 Å². The summed E-state index contributed by atoms with van der Waals surface area (Å²) < 4.78 is 44.3. The van der Waals surface area contributed by atoms with Crippen LogP contribution >= 0.6 is 11.3 Å². The lowest BCUT2D eigenvalue weighted by molar-refractivity contribution is -0.0945. The molecule has 1 saturated heterocycles. The summed E-state index contributed by atoms with van der Waals surface area (Å²) in [5.74, 6) is 0.456. The molecule has 0 amide bonds. The van der Waals surface area contributed by atoms with Gasteiger partial charge < -0.3 is 10.4 Å². The summed E-state index contributed by atoms with van der Waals surface area (Å²) in [5.41, 5.74) is -0.691. The van der Waals surface area contributed by atoms with Gasteiger partial charge in [0.15, 0.2) is 10.8 Å². The molecule has 4 unspecified atom stereocenters. The minimum absolute atomic E-state index is 0.139. The van der Waals surface area contributed by atoms with Crippen LogP contribution in [0.4, 0.5) is 9.52 Å². The van der Waals surface area contributed by atoms with Crippen LogP contribution in [-0.4, -0.2) is 83.7 Å². The Labute approximate surface area is 225 Å². The second kappa shape index (κ2) is 11.3. The predicted octanol–water partition coefficient (Wildman–Crippen LogP) is 3.71. The van der Waals surface area contributed by atoms with E-state index in [4.69, 9.17) is 0 Å². The van der Waals surface area contributed by atoms with Gasteiger partial charge in [0.05, 0.1) is 0 Å². The zero-order valence-corrected chi connectivity index (χ0v) is 24.2. The molecule has 0 aromatic carbocycles. The summed E-state index contributed by atoms with van der Waals surface area (Å²) in [6.45, 7) is 9.10. The highest BCUT2D eigenvalue weighted by molar-refractivity contribution is 7.93. The molecule has 2 aliphatic carbocycles. The first-order chi connectivity index (χ1) is 17.4. The maximum absolute atomic E-state index is 15.9. The van der Waals surface area contributed by atoms with Crippen LogP contribution < -0.4 is 10.0 Å². The molecule has 1 saturated carbocycles. The van der Waals surface area contributed by atoms with Gasteiger partial charge in [-0.05, 0) is 57.7 Å². The Kier molecular flexibility index (Phi) is 8.69. The number of likely N-dealkylation sites (N-methyl/N-ethyl adjacent to an activating group) is 1. The Morgan fingerprint density at radius 2 is 2.03 bits per heavy atom. The highest BCUT2D eigenvalue weighted by Crippen LogP contribution is 2.35. The zero-order valence-electron chi connectivity index (χ0n) is 22.5. The standard InChI is InChI=1S/C26H42FN5O3S2/c1-17(2)12-24(33)32-15-19(16-32)31(5)22-9-7-6-8-20(22)29-21-14-26(4,27)23(13-18(21)3)37(34,35)30-25-28-10-11-36-25/h10-11,13-14,17,19-20,22-24,29,33H,6-9,12,15-16H2,1-5H3,(H,28,30)/t20?,22-,23?,24?,26?/m0/s1. The fourth-order valence-electron chi connectivity index (χ4n) is 5.76. The van der Waals surface area contributed by atoms with E-state index in [9.17, 15) is 13.5 Å². The number of aromatic nitrogens is 1. The van der Waals surface area contributed by atoms with Crippen molar-refractivity contribution in [2.24, 2.45) is 5.92 Å². The minimum Gasteiger partial charge on any atom is -0.381 e. The van der Waals surface area contributed by atoms with Crippen molar-refractivity contribution >= 4 is 26.5 Å². The summed E-state index contributed by atoms with van der Waals surface area (Å²) in [5, 5.41) is 14.6. The third kappa shape index (κ3) is 6.55. The van der Waals surface area contributed by atoms with E-state index in [2.05, 4.69) is 45.7 Å². The van der Waals surface area contributed by atoms with E-state index in [1.165, 1.54) is 25.3 Å². The number of thiazole rings is 1. The number of likely N-dealkylation sites (tertiary alicyclic amines) is 1. The first-order valence-electron chi connectivity index (χ1n) is 13.3. The average molecular weight is 556 g/mol. The second-order valence-electron chi connectivity index (χ2n) is 11.4. The predicted molar refractivity (Wildman–Crippen MR) is 148 cm³/mol. The van der Waals surface area contributed by atoms with Crippen molar-refractivity contribution in [2.45, 2.75) is 95.1 Å². The lowest BCUT2D eigenvalue weighted by Crippen LogP contribution is -2.65. The Morgan fingerprint density at radius 1 is 1.32 bits per heavy atom. The molecule has 1 aromatic rings. The van der Waals surface area contributed by atoms with E-state index < -0.39 is 20.9 Å². The molecule has 8 nitrogen and oxygen atoms in total. The van der Waals surface area contributed by atoms with Gasteiger partial charge >= 0.3 is 0 Å². The van der Waals surface area contributed by atoms with E-state index in [1.54, 1.807) is 5.38 Å². The van der Waals surface area contributed by atoms with E-state index in [-0.39, 0.29) is 23.4 Å². The van der Waals surface area contributed by atoms with Crippen molar-refractivity contribution in [3.63, 3.8) is 0 Å². The van der Waals surface area contributed by atoms with Crippen LogP contribution in [0.15, 0.2) is 35.0 Å². The monoisotopic (exact) mass is 555 g/mol. The molecule has 1 aromatic heterocycles. The number of aliphatic hydroxyl groups is 1. The lowest BCUT2D eigenvalue weighted by Gasteiger charge is -2.51. The van der Waals surface area contributed by atoms with Crippen LogP contribution in [0, 0.1) is 5.92 Å². The molecule has 0 spiro atoms. The highest BCUT2D eigenvalue weighted by Gasteiger charge is 2.45. The van der Waals surface area contributed by atoms with Crippen LogP contribution in [0.1, 0.15) is 59.8 Å². The number of hydrogen-bond acceptors (Lipinski definition) is 8. The van der Waals surface area contributed by atoms with Crippen molar-refractivity contribution in [1.82, 2.24) is 20.1 Å². The molecule has 0 radical (unpaired) electrons. The number of sulfonamides is 1. The molecule has 11 heteroatoms. The fraction of sp³-hybridized carbons (Fsp3) is 0.731. The van der Waals surface area contributed by atoms with Crippen molar-refractivity contribution in [1.29, 1.82) is 0 Å². The summed E-state index contributed by atoms with van der Waals surface area (Å²) in [7, 11) is -1.86. The molecule has 3 N–H and O–H groups in total. The van der Waals surface area contributed by atoms with Crippen LogP contribution in [0.25, 0.3) is 0 Å². The molecule has 2 heterocycles. The maximum atomic E-state index is 15.9. The van der Waals surface area contributed by atoms with Crippen molar-refractivity contribution in [3.05, 3.63) is 35.0 Å². The Balaban J connectivity index is 1.42. The third-order valence-electron chi connectivity index (χ3n) is 7.97. The van der Waals surface area contributed by atoms with Crippen molar-refractivity contribution in [2.75, 3.05) is 24.9 Å². The van der Waals surface area contributed by atoms with E-state index >= 15 is 4.39 Å². The quantitative estimate of drug-likeness (QED) is 0.405. The van der Waals surface area contributed by atoms with E-state index in [0.29, 0.717) is 17.7 Å². The van der Waals surface area contributed by atoms with Crippen molar-refractivity contribution < 1.29 is 17.9 Å².